The fourth-order valence-electron chi connectivity index (χ4n) is 2.61. The SMILES string of the molecule is Cc1noc2nc(C3CC3)cc(C(=O)Nc3ccc(Br)cc3)c12. The molecule has 6 heteroatoms. The smallest absolute Gasteiger partial charge is 0.259 e. The maximum atomic E-state index is 12.7. The minimum Gasteiger partial charge on any atom is -0.336 e. The topological polar surface area (TPSA) is 68.0 Å². The molecule has 1 aliphatic rings. The average molecular weight is 372 g/mol. The van der Waals surface area contributed by atoms with Crippen LogP contribution in [0.3, 0.4) is 0 Å². The summed E-state index contributed by atoms with van der Waals surface area (Å²) in [5.41, 5.74) is 3.34. The summed E-state index contributed by atoms with van der Waals surface area (Å²) in [6, 6.07) is 9.35. The van der Waals surface area contributed by atoms with Gasteiger partial charge in [-0.25, -0.2) is 4.98 Å². The zero-order chi connectivity index (χ0) is 16.0. The lowest BCUT2D eigenvalue weighted by atomic mass is 10.1. The number of hydrogen-bond donors (Lipinski definition) is 1. The van der Waals surface area contributed by atoms with Crippen LogP contribution < -0.4 is 5.32 Å². The summed E-state index contributed by atoms with van der Waals surface area (Å²) in [7, 11) is 0. The fraction of sp³-hybridized carbons (Fsp3) is 0.235. The monoisotopic (exact) mass is 371 g/mol. The Labute approximate surface area is 141 Å². The molecule has 1 fully saturated rings. The van der Waals surface area contributed by atoms with E-state index >= 15 is 0 Å². The molecule has 0 saturated heterocycles. The van der Waals surface area contributed by atoms with Crippen LogP contribution in [-0.2, 0) is 0 Å². The van der Waals surface area contributed by atoms with Crippen molar-refractivity contribution in [3.63, 3.8) is 0 Å². The third-order valence-corrected chi connectivity index (χ3v) is 4.51. The molecule has 0 aliphatic heterocycles. The van der Waals surface area contributed by atoms with E-state index in [2.05, 4.69) is 31.4 Å². The lowest BCUT2D eigenvalue weighted by molar-refractivity contribution is 0.102. The Hall–Kier alpha value is -2.21. The maximum absolute atomic E-state index is 12.7. The number of anilines is 1. The number of amides is 1. The van der Waals surface area contributed by atoms with Crippen molar-refractivity contribution in [2.24, 2.45) is 0 Å². The molecule has 1 aliphatic carbocycles. The number of pyridine rings is 1. The van der Waals surface area contributed by atoms with Gasteiger partial charge in [0.25, 0.3) is 11.6 Å². The van der Waals surface area contributed by atoms with E-state index < -0.39 is 0 Å². The molecule has 4 rings (SSSR count). The van der Waals surface area contributed by atoms with E-state index in [-0.39, 0.29) is 5.91 Å². The molecule has 1 saturated carbocycles. The quantitative estimate of drug-likeness (QED) is 0.739. The van der Waals surface area contributed by atoms with Crippen LogP contribution in [0.15, 0.2) is 39.3 Å². The highest BCUT2D eigenvalue weighted by molar-refractivity contribution is 9.10. The number of benzene rings is 1. The molecular weight excluding hydrogens is 358 g/mol. The zero-order valence-corrected chi connectivity index (χ0v) is 14.1. The van der Waals surface area contributed by atoms with Crippen LogP contribution in [0.5, 0.6) is 0 Å². The lowest BCUT2D eigenvalue weighted by Crippen LogP contribution is -2.13. The first-order valence-corrected chi connectivity index (χ1v) is 8.25. The van der Waals surface area contributed by atoms with Gasteiger partial charge in [-0.05, 0) is 50.1 Å². The molecule has 5 nitrogen and oxygen atoms in total. The van der Waals surface area contributed by atoms with E-state index in [9.17, 15) is 4.79 Å². The standard InChI is InChI=1S/C17H14BrN3O2/c1-9-15-13(16(22)19-12-6-4-11(18)5-7-12)8-14(10-2-3-10)20-17(15)23-21-9/h4-8,10H,2-3H2,1H3,(H,19,22). The lowest BCUT2D eigenvalue weighted by Gasteiger charge is -2.08. The first-order chi connectivity index (χ1) is 11.1. The Balaban J connectivity index is 1.75. The second-order valence-electron chi connectivity index (χ2n) is 5.78. The van der Waals surface area contributed by atoms with Gasteiger partial charge in [0.05, 0.1) is 16.6 Å². The predicted octanol–water partition coefficient (Wildman–Crippen LogP) is 4.42. The number of nitrogens with one attached hydrogen (secondary N) is 1. The molecule has 2 heterocycles. The van der Waals surface area contributed by atoms with Crippen molar-refractivity contribution in [2.45, 2.75) is 25.7 Å². The van der Waals surface area contributed by atoms with Gasteiger partial charge >= 0.3 is 0 Å². The van der Waals surface area contributed by atoms with Crippen LogP contribution in [0, 0.1) is 6.92 Å². The fourth-order valence-corrected chi connectivity index (χ4v) is 2.88. The van der Waals surface area contributed by atoms with E-state index in [1.165, 1.54) is 0 Å². The zero-order valence-electron chi connectivity index (χ0n) is 12.5. The molecule has 1 N–H and O–H groups in total. The van der Waals surface area contributed by atoms with Crippen molar-refractivity contribution in [3.05, 3.63) is 51.8 Å². The number of nitrogens with zero attached hydrogens (tertiary/aromatic N) is 2. The van der Waals surface area contributed by atoms with E-state index in [0.717, 1.165) is 28.7 Å². The summed E-state index contributed by atoms with van der Waals surface area (Å²) in [5.74, 6) is 0.261. The van der Waals surface area contributed by atoms with E-state index in [4.69, 9.17) is 4.52 Å². The van der Waals surface area contributed by atoms with Crippen LogP contribution in [0.25, 0.3) is 11.1 Å². The number of hydrogen-bond acceptors (Lipinski definition) is 4. The number of halogens is 1. The van der Waals surface area contributed by atoms with Crippen molar-refractivity contribution in [2.75, 3.05) is 5.32 Å². The summed E-state index contributed by atoms with van der Waals surface area (Å²) < 4.78 is 6.24. The third-order valence-electron chi connectivity index (χ3n) is 3.98. The Morgan fingerprint density at radius 1 is 1.30 bits per heavy atom. The van der Waals surface area contributed by atoms with Gasteiger partial charge in [-0.15, -0.1) is 0 Å². The van der Waals surface area contributed by atoms with Gasteiger partial charge in [0, 0.05) is 21.8 Å². The van der Waals surface area contributed by atoms with Gasteiger partial charge in [-0.2, -0.15) is 0 Å². The molecule has 0 atom stereocenters. The molecule has 0 bridgehead atoms. The number of carbonyl (C=O) groups excluding carboxylic acids is 1. The molecule has 2 aromatic heterocycles. The molecule has 116 valence electrons. The number of fused-ring (bicyclic) bond motifs is 1. The summed E-state index contributed by atoms with van der Waals surface area (Å²) in [5, 5.41) is 7.56. The molecule has 1 aromatic carbocycles. The normalized spacial score (nSPS) is 14.2. The van der Waals surface area contributed by atoms with Gasteiger partial charge in [-0.3, -0.25) is 4.79 Å². The van der Waals surface area contributed by atoms with Gasteiger partial charge in [0.1, 0.15) is 0 Å². The van der Waals surface area contributed by atoms with E-state index in [0.29, 0.717) is 28.3 Å². The number of aromatic nitrogens is 2. The molecule has 1 amide bonds. The Morgan fingerprint density at radius 2 is 2.04 bits per heavy atom. The van der Waals surface area contributed by atoms with Crippen LogP contribution >= 0.6 is 15.9 Å². The number of carbonyl (C=O) groups is 1. The van der Waals surface area contributed by atoms with Crippen LogP contribution in [0.2, 0.25) is 0 Å². The van der Waals surface area contributed by atoms with Gasteiger partial charge in [0.2, 0.25) is 0 Å². The van der Waals surface area contributed by atoms with Crippen LogP contribution in [0.1, 0.15) is 40.5 Å². The van der Waals surface area contributed by atoms with Crippen LogP contribution in [0.4, 0.5) is 5.69 Å². The predicted molar refractivity (Wildman–Crippen MR) is 90.6 cm³/mol. The van der Waals surface area contributed by atoms with Gasteiger partial charge in [-0.1, -0.05) is 21.1 Å². The Morgan fingerprint density at radius 3 is 2.74 bits per heavy atom. The second kappa shape index (κ2) is 5.45. The summed E-state index contributed by atoms with van der Waals surface area (Å²) in [4.78, 5) is 17.2. The van der Waals surface area contributed by atoms with Crippen molar-refractivity contribution in [1.82, 2.24) is 10.1 Å². The van der Waals surface area contributed by atoms with E-state index in [1.54, 1.807) is 0 Å². The molecule has 0 spiro atoms. The second-order valence-corrected chi connectivity index (χ2v) is 6.69. The highest BCUT2D eigenvalue weighted by atomic mass is 79.9. The van der Waals surface area contributed by atoms with Crippen LogP contribution in [-0.4, -0.2) is 16.0 Å². The van der Waals surface area contributed by atoms with Crippen molar-refractivity contribution in [3.8, 4) is 0 Å². The van der Waals surface area contributed by atoms with Gasteiger partial charge < -0.3 is 9.84 Å². The minimum atomic E-state index is -0.173. The average Bonchev–Trinajstić information content (AvgIpc) is 3.33. The van der Waals surface area contributed by atoms with Crippen molar-refractivity contribution < 1.29 is 9.32 Å². The molecule has 23 heavy (non-hydrogen) atoms. The number of aryl methyl sites for hydroxylation is 1. The third kappa shape index (κ3) is 2.74. The first kappa shape index (κ1) is 14.4. The highest BCUT2D eigenvalue weighted by Crippen LogP contribution is 2.40. The van der Waals surface area contributed by atoms with Crippen molar-refractivity contribution >= 4 is 38.6 Å². The summed E-state index contributed by atoms with van der Waals surface area (Å²) in [6.07, 6.45) is 2.22. The largest absolute Gasteiger partial charge is 0.336 e. The number of rotatable bonds is 3. The Kier molecular flexibility index (Phi) is 3.41. The molecule has 3 aromatic rings. The minimum absolute atomic E-state index is 0.173. The molecule has 0 unspecified atom stereocenters. The van der Waals surface area contributed by atoms with Crippen molar-refractivity contribution in [1.29, 1.82) is 0 Å². The highest BCUT2D eigenvalue weighted by Gasteiger charge is 2.28. The summed E-state index contributed by atoms with van der Waals surface area (Å²) in [6.45, 7) is 1.82. The van der Waals surface area contributed by atoms with E-state index in [1.807, 2.05) is 37.3 Å². The summed E-state index contributed by atoms with van der Waals surface area (Å²) >= 11 is 3.38. The maximum Gasteiger partial charge on any atom is 0.259 e. The van der Waals surface area contributed by atoms with Gasteiger partial charge in [0.15, 0.2) is 0 Å². The Bertz CT molecular complexity index is 898. The molecule has 0 radical (unpaired) electrons. The molecular formula is C17H14BrN3O2. The first-order valence-electron chi connectivity index (χ1n) is 7.45.